The second-order valence-electron chi connectivity index (χ2n) is 8.64. The Morgan fingerprint density at radius 2 is 2.12 bits per heavy atom. The summed E-state index contributed by atoms with van der Waals surface area (Å²) in [6.45, 7) is 6.72. The highest BCUT2D eigenvalue weighted by Crippen LogP contribution is 2.41. The van der Waals surface area contributed by atoms with E-state index in [1.807, 2.05) is 26.8 Å². The maximum absolute atomic E-state index is 13.5. The van der Waals surface area contributed by atoms with Gasteiger partial charge in [-0.15, -0.1) is 22.7 Å². The van der Waals surface area contributed by atoms with Gasteiger partial charge >= 0.3 is 0 Å². The third-order valence-corrected chi connectivity index (χ3v) is 8.42. The Bertz CT molecular complexity index is 1150. The van der Waals surface area contributed by atoms with Crippen LogP contribution in [0.5, 0.6) is 0 Å². The summed E-state index contributed by atoms with van der Waals surface area (Å²) in [4.78, 5) is 29.4. The van der Waals surface area contributed by atoms with Crippen molar-refractivity contribution >= 4 is 34.3 Å². The predicted octanol–water partition coefficient (Wildman–Crippen LogP) is 4.08. The van der Waals surface area contributed by atoms with Crippen LogP contribution in [0.25, 0.3) is 0 Å². The minimum Gasteiger partial charge on any atom is -0.393 e. The molecule has 4 heterocycles. The largest absolute Gasteiger partial charge is 0.393 e. The number of aromatic nitrogens is 3. The van der Waals surface area contributed by atoms with Gasteiger partial charge in [-0.3, -0.25) is 4.79 Å². The summed E-state index contributed by atoms with van der Waals surface area (Å²) in [5.41, 5.74) is 2.59. The van der Waals surface area contributed by atoms with E-state index >= 15 is 0 Å². The molecule has 1 aliphatic heterocycles. The van der Waals surface area contributed by atoms with E-state index < -0.39 is 0 Å². The lowest BCUT2D eigenvalue weighted by molar-refractivity contribution is 0.0716. The van der Waals surface area contributed by atoms with Crippen LogP contribution in [0.15, 0.2) is 18.6 Å². The molecular weight excluding hydrogens is 444 g/mol. The number of fused-ring (bicyclic) bond motifs is 1. The van der Waals surface area contributed by atoms with E-state index in [-0.39, 0.29) is 30.0 Å². The lowest BCUT2D eigenvalue weighted by Crippen LogP contribution is -2.20. The molecule has 3 aromatic rings. The Morgan fingerprint density at radius 3 is 2.91 bits per heavy atom. The van der Waals surface area contributed by atoms with Gasteiger partial charge in [0.25, 0.3) is 0 Å². The summed E-state index contributed by atoms with van der Waals surface area (Å²) in [5.74, 6) is 0.653. The number of aryl methyl sites for hydroxylation is 2. The number of ether oxygens (including phenoxy) is 1. The van der Waals surface area contributed by atoms with Gasteiger partial charge < -0.3 is 15.2 Å². The molecule has 7 nitrogen and oxygen atoms in total. The number of ketones is 1. The van der Waals surface area contributed by atoms with Gasteiger partial charge in [0.2, 0.25) is 5.78 Å². The maximum atomic E-state index is 13.5. The van der Waals surface area contributed by atoms with Crippen LogP contribution in [-0.4, -0.2) is 44.6 Å². The van der Waals surface area contributed by atoms with Crippen LogP contribution in [0, 0.1) is 19.8 Å². The molecule has 32 heavy (non-hydrogen) atoms. The summed E-state index contributed by atoms with van der Waals surface area (Å²) < 4.78 is 6.12. The first kappa shape index (κ1) is 21.6. The summed E-state index contributed by atoms with van der Waals surface area (Å²) in [5, 5.41) is 14.5. The van der Waals surface area contributed by atoms with Crippen molar-refractivity contribution in [3.8, 4) is 0 Å². The molecule has 0 radical (unpaired) electrons. The maximum Gasteiger partial charge on any atom is 0.208 e. The molecule has 1 aliphatic carbocycles. The summed E-state index contributed by atoms with van der Waals surface area (Å²) in [7, 11) is 0. The first-order valence-electron chi connectivity index (χ1n) is 10.9. The van der Waals surface area contributed by atoms with Gasteiger partial charge in [0.1, 0.15) is 18.2 Å². The monoisotopic (exact) mass is 470 g/mol. The van der Waals surface area contributed by atoms with E-state index in [0.717, 1.165) is 38.9 Å². The fourth-order valence-corrected chi connectivity index (χ4v) is 6.64. The van der Waals surface area contributed by atoms with Gasteiger partial charge in [0.05, 0.1) is 38.7 Å². The number of nitrogens with zero attached hydrogens (tertiary/aromatic N) is 3. The van der Waals surface area contributed by atoms with Crippen LogP contribution >= 0.6 is 22.7 Å². The minimum atomic E-state index is -0.327. The number of aliphatic hydroxyl groups is 1. The normalized spacial score (nSPS) is 25.0. The molecule has 0 amide bonds. The number of carbonyl (C=O) groups is 1. The molecule has 2 N–H and O–H groups in total. The van der Waals surface area contributed by atoms with Crippen molar-refractivity contribution in [3.63, 3.8) is 0 Å². The molecular formula is C23H26N4O3S2. The molecule has 0 aromatic carbocycles. The Labute approximate surface area is 194 Å². The van der Waals surface area contributed by atoms with Gasteiger partial charge in [-0.1, -0.05) is 6.92 Å². The van der Waals surface area contributed by atoms with Crippen LogP contribution in [0.2, 0.25) is 0 Å². The SMILES string of the molecule is Cc1nc2c(s1)[C@H](c1cc(C(=O)c3cncnc3N[C@@H]3C[C@@H](C)[C@@H](O)C3)sc1C)OCC2. The van der Waals surface area contributed by atoms with Crippen molar-refractivity contribution in [1.82, 2.24) is 15.0 Å². The average molecular weight is 471 g/mol. The zero-order valence-electron chi connectivity index (χ0n) is 18.3. The molecule has 0 spiro atoms. The number of rotatable bonds is 5. The predicted molar refractivity (Wildman–Crippen MR) is 125 cm³/mol. The molecule has 5 rings (SSSR count). The molecule has 3 aromatic heterocycles. The van der Waals surface area contributed by atoms with E-state index in [1.54, 1.807) is 17.5 Å². The number of hydrogen-bond acceptors (Lipinski definition) is 9. The molecule has 168 valence electrons. The molecule has 0 bridgehead atoms. The smallest absolute Gasteiger partial charge is 0.208 e. The van der Waals surface area contributed by atoms with Gasteiger partial charge in [-0.05, 0) is 38.7 Å². The third-order valence-electron chi connectivity index (χ3n) is 6.30. The highest BCUT2D eigenvalue weighted by atomic mass is 32.1. The van der Waals surface area contributed by atoms with E-state index in [4.69, 9.17) is 4.74 Å². The third kappa shape index (κ3) is 3.98. The van der Waals surface area contributed by atoms with Crippen LogP contribution in [0.1, 0.15) is 67.1 Å². The zero-order valence-corrected chi connectivity index (χ0v) is 19.9. The highest BCUT2D eigenvalue weighted by molar-refractivity contribution is 7.14. The average Bonchev–Trinajstić information content (AvgIpc) is 3.43. The number of hydrogen-bond donors (Lipinski definition) is 2. The molecule has 1 saturated carbocycles. The van der Waals surface area contributed by atoms with Crippen molar-refractivity contribution in [3.05, 3.63) is 55.1 Å². The highest BCUT2D eigenvalue weighted by Gasteiger charge is 2.32. The van der Waals surface area contributed by atoms with Crippen molar-refractivity contribution in [2.24, 2.45) is 5.92 Å². The molecule has 2 aliphatic rings. The van der Waals surface area contributed by atoms with Gasteiger partial charge in [-0.25, -0.2) is 15.0 Å². The van der Waals surface area contributed by atoms with Crippen LogP contribution in [0.3, 0.4) is 0 Å². The van der Waals surface area contributed by atoms with E-state index in [0.29, 0.717) is 29.3 Å². The van der Waals surface area contributed by atoms with Gasteiger partial charge in [0.15, 0.2) is 0 Å². The first-order valence-corrected chi connectivity index (χ1v) is 12.5. The minimum absolute atomic E-state index is 0.0886. The van der Waals surface area contributed by atoms with Crippen LogP contribution in [0.4, 0.5) is 5.82 Å². The van der Waals surface area contributed by atoms with Crippen molar-refractivity contribution in [1.29, 1.82) is 0 Å². The molecule has 1 fully saturated rings. The standard InChI is InChI=1S/C23H26N4O3S2/c1-11-6-14(7-18(11)28)27-23-16(9-24-10-25-23)20(29)19-8-15(12(2)31-19)21-22-17(4-5-30-21)26-13(3)32-22/h8-11,14,18,21,28H,4-7H2,1-3H3,(H,24,25,27)/t11-,14-,18+,21+/m1/s1. The second-order valence-corrected chi connectivity index (χ2v) is 11.1. The molecule has 9 heteroatoms. The summed E-state index contributed by atoms with van der Waals surface area (Å²) >= 11 is 3.15. The molecule has 0 unspecified atom stereocenters. The quantitative estimate of drug-likeness (QED) is 0.542. The van der Waals surface area contributed by atoms with Crippen LogP contribution in [-0.2, 0) is 11.2 Å². The summed E-state index contributed by atoms with van der Waals surface area (Å²) in [6, 6.07) is 2.04. The Hall–Kier alpha value is -2.20. The van der Waals surface area contributed by atoms with E-state index in [9.17, 15) is 9.90 Å². The van der Waals surface area contributed by atoms with Crippen molar-refractivity contribution < 1.29 is 14.6 Å². The number of thiazole rings is 1. The molecule has 4 atom stereocenters. The van der Waals surface area contributed by atoms with Gasteiger partial charge in [-0.2, -0.15) is 0 Å². The molecule has 0 saturated heterocycles. The second kappa shape index (κ2) is 8.62. The van der Waals surface area contributed by atoms with Gasteiger partial charge in [0, 0.05) is 29.1 Å². The first-order chi connectivity index (χ1) is 15.4. The fraction of sp³-hybridized carbons (Fsp3) is 0.478. The number of anilines is 1. The van der Waals surface area contributed by atoms with Crippen molar-refractivity contribution in [2.75, 3.05) is 11.9 Å². The fourth-order valence-electron chi connectivity index (χ4n) is 4.60. The Morgan fingerprint density at radius 1 is 1.28 bits per heavy atom. The van der Waals surface area contributed by atoms with Crippen molar-refractivity contribution in [2.45, 2.75) is 58.3 Å². The Kier molecular flexibility index (Phi) is 5.83. The lowest BCUT2D eigenvalue weighted by atomic mass is 10.0. The number of carbonyl (C=O) groups excluding carboxylic acids is 1. The van der Waals surface area contributed by atoms with E-state index in [2.05, 4.69) is 20.3 Å². The zero-order chi connectivity index (χ0) is 22.4. The summed E-state index contributed by atoms with van der Waals surface area (Å²) in [6.07, 6.45) is 4.84. The Balaban J connectivity index is 1.42. The number of aliphatic hydroxyl groups excluding tert-OH is 1. The van der Waals surface area contributed by atoms with E-state index in [1.165, 1.54) is 17.7 Å². The van der Waals surface area contributed by atoms with Crippen LogP contribution < -0.4 is 5.32 Å². The topological polar surface area (TPSA) is 97.2 Å². The number of nitrogens with one attached hydrogen (secondary N) is 1. The lowest BCUT2D eigenvalue weighted by Gasteiger charge is -2.22. The number of thiophene rings is 1.